The van der Waals surface area contributed by atoms with Gasteiger partial charge in [0.25, 0.3) is 0 Å². The highest BCUT2D eigenvalue weighted by atomic mass is 16.5. The Morgan fingerprint density at radius 3 is 2.50 bits per heavy atom. The second-order valence-corrected chi connectivity index (χ2v) is 5.95. The molecule has 0 aromatic heterocycles. The molecular formula is C21H23NO6. The van der Waals surface area contributed by atoms with Crippen molar-refractivity contribution in [3.63, 3.8) is 0 Å². The minimum Gasteiger partial charge on any atom is -0.508 e. The number of carbonyl (C=O) groups excluding carboxylic acids is 2. The first-order valence-electron chi connectivity index (χ1n) is 8.73. The molecule has 0 saturated carbocycles. The van der Waals surface area contributed by atoms with Gasteiger partial charge in [-0.3, -0.25) is 4.79 Å². The number of hydrogen-bond donors (Lipinski definition) is 3. The number of ether oxygens (including phenoxy) is 2. The number of phenolic OH excluding ortho intramolecular Hbond substituents is 2. The van der Waals surface area contributed by atoms with E-state index < -0.39 is 17.9 Å². The number of methoxy groups -OCH3 is 1. The van der Waals surface area contributed by atoms with Crippen molar-refractivity contribution >= 4 is 18.0 Å². The summed E-state index contributed by atoms with van der Waals surface area (Å²) in [4.78, 5) is 24.5. The van der Waals surface area contributed by atoms with E-state index in [0.717, 1.165) is 5.56 Å². The molecular weight excluding hydrogens is 362 g/mol. The molecule has 0 aliphatic carbocycles. The molecule has 28 heavy (non-hydrogen) atoms. The Balaban J connectivity index is 2.08. The molecule has 0 saturated heterocycles. The summed E-state index contributed by atoms with van der Waals surface area (Å²) in [6.45, 7) is 1.89. The third kappa shape index (κ3) is 6.05. The van der Waals surface area contributed by atoms with Gasteiger partial charge in [0, 0.05) is 12.5 Å². The predicted molar refractivity (Wildman–Crippen MR) is 104 cm³/mol. The fourth-order valence-electron chi connectivity index (χ4n) is 2.49. The van der Waals surface area contributed by atoms with Crippen LogP contribution < -0.4 is 10.1 Å². The van der Waals surface area contributed by atoms with Crippen molar-refractivity contribution in [3.05, 3.63) is 59.7 Å². The van der Waals surface area contributed by atoms with Gasteiger partial charge in [-0.1, -0.05) is 18.2 Å². The molecule has 2 rings (SSSR count). The number of nitrogens with one attached hydrogen (secondary N) is 1. The summed E-state index contributed by atoms with van der Waals surface area (Å²) in [6, 6.07) is 10.2. The summed E-state index contributed by atoms with van der Waals surface area (Å²) in [5.41, 5.74) is 1.42. The van der Waals surface area contributed by atoms with Crippen LogP contribution >= 0.6 is 0 Å². The van der Waals surface area contributed by atoms with Crippen LogP contribution in [0.25, 0.3) is 6.08 Å². The van der Waals surface area contributed by atoms with Gasteiger partial charge in [0.2, 0.25) is 5.91 Å². The van der Waals surface area contributed by atoms with E-state index in [0.29, 0.717) is 11.3 Å². The van der Waals surface area contributed by atoms with E-state index in [2.05, 4.69) is 5.32 Å². The van der Waals surface area contributed by atoms with Crippen LogP contribution in [-0.2, 0) is 20.7 Å². The Bertz CT molecular complexity index is 844. The number of amides is 1. The molecule has 2 aromatic rings. The van der Waals surface area contributed by atoms with E-state index in [9.17, 15) is 19.8 Å². The average molecular weight is 385 g/mol. The van der Waals surface area contributed by atoms with E-state index in [1.807, 2.05) is 0 Å². The van der Waals surface area contributed by atoms with E-state index in [-0.39, 0.29) is 24.5 Å². The van der Waals surface area contributed by atoms with Crippen LogP contribution in [-0.4, -0.2) is 41.8 Å². The monoisotopic (exact) mass is 385 g/mol. The van der Waals surface area contributed by atoms with Crippen LogP contribution in [0.4, 0.5) is 0 Å². The Morgan fingerprint density at radius 1 is 1.14 bits per heavy atom. The molecule has 0 fully saturated rings. The van der Waals surface area contributed by atoms with Crippen LogP contribution in [0.5, 0.6) is 17.2 Å². The van der Waals surface area contributed by atoms with Gasteiger partial charge in [0.1, 0.15) is 11.8 Å². The highest BCUT2D eigenvalue weighted by molar-refractivity contribution is 5.94. The highest BCUT2D eigenvalue weighted by Crippen LogP contribution is 2.26. The number of benzene rings is 2. The predicted octanol–water partition coefficient (Wildman–Crippen LogP) is 2.41. The minimum atomic E-state index is -0.865. The zero-order chi connectivity index (χ0) is 20.5. The summed E-state index contributed by atoms with van der Waals surface area (Å²) >= 11 is 0. The Labute approximate surface area is 163 Å². The lowest BCUT2D eigenvalue weighted by atomic mass is 10.1. The van der Waals surface area contributed by atoms with Crippen molar-refractivity contribution in [1.82, 2.24) is 5.32 Å². The Hall–Kier alpha value is -3.48. The highest BCUT2D eigenvalue weighted by Gasteiger charge is 2.21. The molecule has 0 aliphatic rings. The zero-order valence-corrected chi connectivity index (χ0v) is 15.7. The summed E-state index contributed by atoms with van der Waals surface area (Å²) in [5, 5.41) is 21.6. The largest absolute Gasteiger partial charge is 0.508 e. The number of carbonyl (C=O) groups is 2. The van der Waals surface area contributed by atoms with E-state index in [4.69, 9.17) is 9.47 Å². The molecule has 148 valence electrons. The smallest absolute Gasteiger partial charge is 0.328 e. The maximum atomic E-state index is 12.3. The quantitative estimate of drug-likeness (QED) is 0.476. The van der Waals surface area contributed by atoms with E-state index in [1.165, 1.54) is 31.4 Å². The fourth-order valence-corrected chi connectivity index (χ4v) is 2.49. The maximum absolute atomic E-state index is 12.3. The van der Waals surface area contributed by atoms with Crippen LogP contribution in [0, 0.1) is 0 Å². The Kier molecular flexibility index (Phi) is 7.45. The lowest BCUT2D eigenvalue weighted by molar-refractivity contribution is -0.146. The van der Waals surface area contributed by atoms with Gasteiger partial charge in [0.15, 0.2) is 11.5 Å². The van der Waals surface area contributed by atoms with Gasteiger partial charge < -0.3 is 25.0 Å². The summed E-state index contributed by atoms with van der Waals surface area (Å²) in [6.07, 6.45) is 3.06. The van der Waals surface area contributed by atoms with Gasteiger partial charge in [-0.25, -0.2) is 4.79 Å². The molecule has 1 atom stereocenters. The van der Waals surface area contributed by atoms with E-state index >= 15 is 0 Å². The maximum Gasteiger partial charge on any atom is 0.328 e. The molecule has 0 aliphatic heterocycles. The Morgan fingerprint density at radius 2 is 1.86 bits per heavy atom. The molecule has 0 spiro atoms. The van der Waals surface area contributed by atoms with Crippen LogP contribution in [0.1, 0.15) is 18.1 Å². The van der Waals surface area contributed by atoms with Gasteiger partial charge in [-0.15, -0.1) is 0 Å². The SMILES string of the molecule is CCOC(=O)[C@H](Cc1ccc(O)cc1)NC(=O)/C=C/c1ccc(O)c(OC)c1. The van der Waals surface area contributed by atoms with Crippen molar-refractivity contribution in [2.45, 2.75) is 19.4 Å². The molecule has 7 heteroatoms. The first kappa shape index (κ1) is 20.8. The first-order chi connectivity index (χ1) is 13.4. The zero-order valence-electron chi connectivity index (χ0n) is 15.7. The van der Waals surface area contributed by atoms with Crippen LogP contribution in [0.3, 0.4) is 0 Å². The van der Waals surface area contributed by atoms with Crippen molar-refractivity contribution < 1.29 is 29.3 Å². The molecule has 3 N–H and O–H groups in total. The number of phenols is 2. The summed E-state index contributed by atoms with van der Waals surface area (Å²) in [7, 11) is 1.43. The molecule has 0 bridgehead atoms. The lowest BCUT2D eigenvalue weighted by Crippen LogP contribution is -2.42. The molecule has 0 heterocycles. The van der Waals surface area contributed by atoms with Gasteiger partial charge >= 0.3 is 5.97 Å². The second-order valence-electron chi connectivity index (χ2n) is 5.95. The van der Waals surface area contributed by atoms with Gasteiger partial charge in [-0.2, -0.15) is 0 Å². The number of hydrogen-bond acceptors (Lipinski definition) is 6. The molecule has 0 unspecified atom stereocenters. The van der Waals surface area contributed by atoms with Crippen LogP contribution in [0.15, 0.2) is 48.5 Å². The molecule has 0 radical (unpaired) electrons. The third-order valence-electron chi connectivity index (χ3n) is 3.89. The topological polar surface area (TPSA) is 105 Å². The number of esters is 1. The van der Waals surface area contributed by atoms with Crippen molar-refractivity contribution in [2.24, 2.45) is 0 Å². The second kappa shape index (κ2) is 10.0. The van der Waals surface area contributed by atoms with Crippen molar-refractivity contribution in [2.75, 3.05) is 13.7 Å². The fraction of sp³-hybridized carbons (Fsp3) is 0.238. The minimum absolute atomic E-state index is 0.000347. The van der Waals surface area contributed by atoms with Crippen molar-refractivity contribution in [3.8, 4) is 17.2 Å². The normalized spacial score (nSPS) is 11.8. The lowest BCUT2D eigenvalue weighted by Gasteiger charge is -2.16. The number of rotatable bonds is 8. The van der Waals surface area contributed by atoms with E-state index in [1.54, 1.807) is 37.3 Å². The van der Waals surface area contributed by atoms with Gasteiger partial charge in [0.05, 0.1) is 13.7 Å². The number of aromatic hydroxyl groups is 2. The third-order valence-corrected chi connectivity index (χ3v) is 3.89. The summed E-state index contributed by atoms with van der Waals surface area (Å²) < 4.78 is 10.1. The van der Waals surface area contributed by atoms with Gasteiger partial charge in [-0.05, 0) is 48.4 Å². The summed E-state index contributed by atoms with van der Waals surface area (Å²) in [5.74, 6) is -0.597. The first-order valence-corrected chi connectivity index (χ1v) is 8.73. The molecule has 1 amide bonds. The van der Waals surface area contributed by atoms with Crippen molar-refractivity contribution in [1.29, 1.82) is 0 Å². The average Bonchev–Trinajstić information content (AvgIpc) is 2.68. The van der Waals surface area contributed by atoms with Crippen LogP contribution in [0.2, 0.25) is 0 Å². The standard InChI is InChI=1S/C21H23NO6/c1-3-28-21(26)17(12-14-4-8-16(23)9-5-14)22-20(25)11-7-15-6-10-18(24)19(13-15)27-2/h4-11,13,17,23-24H,3,12H2,1-2H3,(H,22,25)/b11-7+/t17-/m0/s1. The molecule has 2 aromatic carbocycles. The molecule has 7 nitrogen and oxygen atoms in total.